The van der Waals surface area contributed by atoms with Crippen molar-refractivity contribution < 1.29 is 14.3 Å². The van der Waals surface area contributed by atoms with Gasteiger partial charge in [0.1, 0.15) is 5.75 Å². The Hall–Kier alpha value is -2.54. The minimum Gasteiger partial charge on any atom is -0.483 e. The van der Waals surface area contributed by atoms with E-state index in [-0.39, 0.29) is 25.0 Å². The summed E-state index contributed by atoms with van der Waals surface area (Å²) in [6.07, 6.45) is 0. The van der Waals surface area contributed by atoms with Gasteiger partial charge in [-0.1, -0.05) is 11.6 Å². The lowest BCUT2D eigenvalue weighted by molar-refractivity contribution is -0.125. The van der Waals surface area contributed by atoms with Crippen LogP contribution in [0.5, 0.6) is 5.75 Å². The summed E-state index contributed by atoms with van der Waals surface area (Å²) in [5, 5.41) is 10.1. The Morgan fingerprint density at radius 3 is 2.31 bits per heavy atom. The zero-order valence-corrected chi connectivity index (χ0v) is 16.3. The van der Waals surface area contributed by atoms with Crippen LogP contribution in [0.3, 0.4) is 0 Å². The lowest BCUT2D eigenvalue weighted by atomic mass is 10.1. The van der Waals surface area contributed by atoms with Gasteiger partial charge in [0.15, 0.2) is 6.61 Å². The van der Waals surface area contributed by atoms with E-state index in [4.69, 9.17) is 16.3 Å². The van der Waals surface area contributed by atoms with Crippen LogP contribution in [-0.4, -0.2) is 34.7 Å². The Morgan fingerprint density at radius 1 is 1.15 bits per heavy atom. The third-order valence-electron chi connectivity index (χ3n) is 3.99. The van der Waals surface area contributed by atoms with Crippen molar-refractivity contribution in [3.8, 4) is 5.75 Å². The predicted molar refractivity (Wildman–Crippen MR) is 101 cm³/mol. The quantitative estimate of drug-likeness (QED) is 0.808. The Labute approximate surface area is 157 Å². The maximum atomic E-state index is 12.0. The van der Waals surface area contributed by atoms with Crippen molar-refractivity contribution in [1.29, 1.82) is 0 Å². The second kappa shape index (κ2) is 8.23. The first-order chi connectivity index (χ1) is 12.2. The van der Waals surface area contributed by atoms with E-state index in [1.807, 2.05) is 27.7 Å². The Kier molecular flexibility index (Phi) is 6.26. The molecule has 0 aliphatic rings. The van der Waals surface area contributed by atoms with Crippen molar-refractivity contribution in [3.63, 3.8) is 0 Å². The molecule has 0 radical (unpaired) electrons. The Morgan fingerprint density at radius 2 is 1.77 bits per heavy atom. The van der Waals surface area contributed by atoms with Crippen molar-refractivity contribution in [2.45, 2.75) is 27.7 Å². The average molecular weight is 379 g/mol. The number of rotatable bonds is 6. The van der Waals surface area contributed by atoms with Gasteiger partial charge in [0, 0.05) is 12.1 Å². The van der Waals surface area contributed by atoms with E-state index in [9.17, 15) is 9.59 Å². The molecule has 0 unspecified atom stereocenters. The minimum absolute atomic E-state index is 0.144. The number of nitrogens with one attached hydrogen (secondary N) is 2. The third kappa shape index (κ3) is 4.76. The number of aryl methyl sites for hydroxylation is 4. The fourth-order valence-corrected chi connectivity index (χ4v) is 2.96. The Bertz CT molecular complexity index is 822. The highest BCUT2D eigenvalue weighted by molar-refractivity contribution is 6.30. The van der Waals surface area contributed by atoms with Crippen LogP contribution in [0.25, 0.3) is 0 Å². The summed E-state index contributed by atoms with van der Waals surface area (Å²) < 4.78 is 7.25. The van der Waals surface area contributed by atoms with Crippen LogP contribution < -0.4 is 15.4 Å². The highest BCUT2D eigenvalue weighted by Gasteiger charge is 2.14. The molecule has 0 aliphatic carbocycles. The zero-order chi connectivity index (χ0) is 19.4. The number of aromatic nitrogens is 2. The topological polar surface area (TPSA) is 85.2 Å². The van der Waals surface area contributed by atoms with E-state index in [0.29, 0.717) is 16.5 Å². The van der Waals surface area contributed by atoms with Gasteiger partial charge in [0.2, 0.25) is 5.91 Å². The van der Waals surface area contributed by atoms with Crippen molar-refractivity contribution in [3.05, 3.63) is 39.7 Å². The molecule has 0 saturated heterocycles. The molecular weight excluding hydrogens is 356 g/mol. The van der Waals surface area contributed by atoms with Gasteiger partial charge >= 0.3 is 0 Å². The molecule has 1 aromatic carbocycles. The number of halogens is 1. The molecule has 0 aliphatic heterocycles. The lowest BCUT2D eigenvalue weighted by Crippen LogP contribution is -2.36. The monoisotopic (exact) mass is 378 g/mol. The first-order valence-corrected chi connectivity index (χ1v) is 8.53. The number of hydrogen-bond acceptors (Lipinski definition) is 4. The molecule has 7 nitrogen and oxygen atoms in total. The summed E-state index contributed by atoms with van der Waals surface area (Å²) in [7, 11) is 1.80. The molecule has 0 fully saturated rings. The first-order valence-electron chi connectivity index (χ1n) is 8.15. The number of amides is 2. The van der Waals surface area contributed by atoms with Crippen LogP contribution in [0.1, 0.15) is 22.5 Å². The molecule has 1 heterocycles. The number of anilines is 1. The number of hydrogen-bond donors (Lipinski definition) is 2. The summed E-state index contributed by atoms with van der Waals surface area (Å²) in [4.78, 5) is 24.0. The minimum atomic E-state index is -0.381. The van der Waals surface area contributed by atoms with E-state index < -0.39 is 0 Å². The lowest BCUT2D eigenvalue weighted by Gasteiger charge is -2.12. The highest BCUT2D eigenvalue weighted by atomic mass is 35.5. The molecule has 140 valence electrons. The molecule has 0 spiro atoms. The SMILES string of the molecule is Cc1cc(Cl)cc(C)c1OCC(=O)NCC(=O)Nc1c(C)nn(C)c1C. The molecule has 1 aromatic heterocycles. The number of benzene rings is 1. The van der Waals surface area contributed by atoms with Crippen molar-refractivity contribution >= 4 is 29.1 Å². The Balaban J connectivity index is 1.84. The zero-order valence-electron chi connectivity index (χ0n) is 15.6. The van der Waals surface area contributed by atoms with Gasteiger partial charge in [-0.25, -0.2) is 0 Å². The van der Waals surface area contributed by atoms with Gasteiger partial charge < -0.3 is 15.4 Å². The van der Waals surface area contributed by atoms with Gasteiger partial charge in [-0.2, -0.15) is 5.10 Å². The van der Waals surface area contributed by atoms with Crippen LogP contribution in [0.15, 0.2) is 12.1 Å². The van der Waals surface area contributed by atoms with Crippen LogP contribution in [0.2, 0.25) is 5.02 Å². The molecule has 0 bridgehead atoms. The number of carbonyl (C=O) groups excluding carboxylic acids is 2. The number of nitrogens with zero attached hydrogens (tertiary/aromatic N) is 2. The second-order valence-electron chi connectivity index (χ2n) is 6.15. The molecule has 26 heavy (non-hydrogen) atoms. The van der Waals surface area contributed by atoms with Gasteiger partial charge in [-0.3, -0.25) is 14.3 Å². The smallest absolute Gasteiger partial charge is 0.258 e. The summed E-state index contributed by atoms with van der Waals surface area (Å²) >= 11 is 5.97. The van der Waals surface area contributed by atoms with Crippen molar-refractivity contribution in [2.24, 2.45) is 7.05 Å². The van der Waals surface area contributed by atoms with Gasteiger partial charge in [0.05, 0.1) is 23.6 Å². The molecular formula is C18H23ClN4O3. The van der Waals surface area contributed by atoms with Gasteiger partial charge in [-0.15, -0.1) is 0 Å². The number of carbonyl (C=O) groups is 2. The van der Waals surface area contributed by atoms with E-state index in [1.165, 1.54) is 0 Å². The van der Waals surface area contributed by atoms with Gasteiger partial charge in [-0.05, 0) is 51.0 Å². The summed E-state index contributed by atoms with van der Waals surface area (Å²) in [6, 6.07) is 3.54. The fraction of sp³-hybridized carbons (Fsp3) is 0.389. The van der Waals surface area contributed by atoms with Crippen molar-refractivity contribution in [2.75, 3.05) is 18.5 Å². The van der Waals surface area contributed by atoms with Crippen LogP contribution in [-0.2, 0) is 16.6 Å². The van der Waals surface area contributed by atoms with E-state index in [2.05, 4.69) is 15.7 Å². The molecule has 2 rings (SSSR count). The van der Waals surface area contributed by atoms with Crippen molar-refractivity contribution in [1.82, 2.24) is 15.1 Å². The van der Waals surface area contributed by atoms with Crippen LogP contribution in [0.4, 0.5) is 5.69 Å². The van der Waals surface area contributed by atoms with E-state index in [1.54, 1.807) is 23.9 Å². The highest BCUT2D eigenvalue weighted by Crippen LogP contribution is 2.26. The molecule has 8 heteroatoms. The summed E-state index contributed by atoms with van der Waals surface area (Å²) in [5.41, 5.74) is 3.93. The number of ether oxygens (including phenoxy) is 1. The third-order valence-corrected chi connectivity index (χ3v) is 4.21. The normalized spacial score (nSPS) is 10.5. The molecule has 2 aromatic rings. The molecule has 2 N–H and O–H groups in total. The predicted octanol–water partition coefficient (Wildman–Crippen LogP) is 2.44. The molecule has 2 amide bonds. The molecule has 0 atom stereocenters. The maximum Gasteiger partial charge on any atom is 0.258 e. The summed E-state index contributed by atoms with van der Waals surface area (Å²) in [6.45, 7) is 7.07. The average Bonchev–Trinajstić information content (AvgIpc) is 2.78. The second-order valence-corrected chi connectivity index (χ2v) is 6.59. The van der Waals surface area contributed by atoms with E-state index >= 15 is 0 Å². The largest absolute Gasteiger partial charge is 0.483 e. The first kappa shape index (κ1) is 19.8. The van der Waals surface area contributed by atoms with Crippen LogP contribution >= 0.6 is 11.6 Å². The molecule has 0 saturated carbocycles. The van der Waals surface area contributed by atoms with Gasteiger partial charge in [0.25, 0.3) is 5.91 Å². The van der Waals surface area contributed by atoms with Crippen LogP contribution in [0, 0.1) is 27.7 Å². The summed E-state index contributed by atoms with van der Waals surface area (Å²) in [5.74, 6) is -0.0828. The standard InChI is InChI=1S/C18H23ClN4O3/c1-10-6-14(19)7-11(2)18(10)26-9-16(25)20-8-15(24)21-17-12(3)22-23(5)13(17)4/h6-7H,8-9H2,1-5H3,(H,20,25)(H,21,24). The van der Waals surface area contributed by atoms with E-state index in [0.717, 1.165) is 22.5 Å². The maximum absolute atomic E-state index is 12.0. The fourth-order valence-electron chi connectivity index (χ4n) is 2.63.